The highest BCUT2D eigenvalue weighted by atomic mass is 79.9. The molecule has 1 nitrogen and oxygen atoms in total. The van der Waals surface area contributed by atoms with E-state index in [1.807, 2.05) is 18.2 Å². The average Bonchev–Trinajstić information content (AvgIpc) is 2.40. The first-order valence-corrected chi connectivity index (χ1v) is 7.91. The predicted octanol–water partition coefficient (Wildman–Crippen LogP) is 5.26. The van der Waals surface area contributed by atoms with Crippen LogP contribution in [0.2, 0.25) is 0 Å². The van der Waals surface area contributed by atoms with E-state index in [1.165, 1.54) is 5.56 Å². The second-order valence-electron chi connectivity index (χ2n) is 4.65. The van der Waals surface area contributed by atoms with E-state index in [1.54, 1.807) is 7.11 Å². The Kier molecular flexibility index (Phi) is 6.83. The van der Waals surface area contributed by atoms with E-state index < -0.39 is 0 Å². The van der Waals surface area contributed by atoms with E-state index in [0.29, 0.717) is 11.8 Å². The first kappa shape index (κ1) is 16.1. The molecule has 1 aromatic carbocycles. The topological polar surface area (TPSA) is 9.23 Å². The van der Waals surface area contributed by atoms with E-state index in [9.17, 15) is 0 Å². The number of methoxy groups -OCH3 is 1. The first-order valence-electron chi connectivity index (χ1n) is 6.05. The van der Waals surface area contributed by atoms with Crippen molar-refractivity contribution in [1.29, 1.82) is 0 Å². The van der Waals surface area contributed by atoms with Crippen LogP contribution in [0.4, 0.5) is 0 Å². The lowest BCUT2D eigenvalue weighted by Gasteiger charge is -2.30. The zero-order valence-corrected chi connectivity index (χ0v) is 13.9. The third-order valence-electron chi connectivity index (χ3n) is 3.17. The number of alkyl halides is 2. The molecule has 102 valence electrons. The summed E-state index contributed by atoms with van der Waals surface area (Å²) in [6.45, 7) is 2.16. The van der Waals surface area contributed by atoms with Gasteiger partial charge in [0.05, 0.1) is 7.11 Å². The molecule has 0 N–H and O–H groups in total. The van der Waals surface area contributed by atoms with Crippen molar-refractivity contribution in [2.75, 3.05) is 18.9 Å². The van der Waals surface area contributed by atoms with Crippen LogP contribution in [0, 0.1) is 5.41 Å². The number of rotatable bonds is 7. The Bertz CT molecular complexity index is 378. The van der Waals surface area contributed by atoms with Gasteiger partial charge in [0.2, 0.25) is 0 Å². The van der Waals surface area contributed by atoms with Gasteiger partial charge in [-0.05, 0) is 36.6 Å². The molecular weight excluding hydrogens is 335 g/mol. The van der Waals surface area contributed by atoms with Gasteiger partial charge in [0.15, 0.2) is 0 Å². The van der Waals surface area contributed by atoms with Gasteiger partial charge in [-0.3, -0.25) is 0 Å². The van der Waals surface area contributed by atoms with Gasteiger partial charge in [-0.2, -0.15) is 0 Å². The lowest BCUT2D eigenvalue weighted by Crippen LogP contribution is -2.28. The maximum atomic E-state index is 6.15. The fraction of sp³-hybridized carbons (Fsp3) is 0.571. The molecule has 0 spiro atoms. The van der Waals surface area contributed by atoms with Crippen LogP contribution >= 0.6 is 39.1 Å². The SMILES string of the molecule is CCCC(CCl)(CCl)Cc1cc(OC)ccc1Br. The molecule has 0 radical (unpaired) electrons. The van der Waals surface area contributed by atoms with Crippen LogP contribution in [0.5, 0.6) is 5.75 Å². The van der Waals surface area contributed by atoms with Crippen molar-refractivity contribution in [2.24, 2.45) is 5.41 Å². The first-order chi connectivity index (χ1) is 8.60. The standard InChI is InChI=1S/C14H19BrCl2O/c1-3-6-14(9-16,10-17)8-11-7-12(18-2)4-5-13(11)15/h4-5,7H,3,6,8-10H2,1-2H3. The fourth-order valence-electron chi connectivity index (χ4n) is 2.10. The molecule has 0 saturated carbocycles. The molecule has 0 aliphatic rings. The summed E-state index contributed by atoms with van der Waals surface area (Å²) in [5, 5.41) is 0. The normalized spacial score (nSPS) is 11.6. The molecule has 0 aromatic heterocycles. The molecule has 0 saturated heterocycles. The van der Waals surface area contributed by atoms with Crippen molar-refractivity contribution in [1.82, 2.24) is 0 Å². The van der Waals surface area contributed by atoms with E-state index in [2.05, 4.69) is 22.9 Å². The van der Waals surface area contributed by atoms with Gasteiger partial charge in [-0.15, -0.1) is 23.2 Å². The van der Waals surface area contributed by atoms with Crippen molar-refractivity contribution in [3.8, 4) is 5.75 Å². The van der Waals surface area contributed by atoms with Gasteiger partial charge in [0, 0.05) is 21.6 Å². The van der Waals surface area contributed by atoms with Gasteiger partial charge < -0.3 is 4.74 Å². The summed E-state index contributed by atoms with van der Waals surface area (Å²) >= 11 is 15.9. The predicted molar refractivity (Wildman–Crippen MR) is 83.2 cm³/mol. The second kappa shape index (κ2) is 7.62. The van der Waals surface area contributed by atoms with Crippen LogP contribution in [0.25, 0.3) is 0 Å². The third kappa shape index (κ3) is 4.04. The summed E-state index contributed by atoms with van der Waals surface area (Å²) in [6.07, 6.45) is 2.98. The Balaban J connectivity index is 2.99. The van der Waals surface area contributed by atoms with Crippen molar-refractivity contribution < 1.29 is 4.74 Å². The van der Waals surface area contributed by atoms with Crippen LogP contribution in [-0.2, 0) is 6.42 Å². The number of halogens is 3. The summed E-state index contributed by atoms with van der Waals surface area (Å²) in [5.74, 6) is 2.02. The molecule has 0 aliphatic heterocycles. The Morgan fingerprint density at radius 1 is 1.28 bits per heavy atom. The maximum absolute atomic E-state index is 6.15. The molecule has 1 rings (SSSR count). The third-order valence-corrected chi connectivity index (χ3v) is 5.07. The lowest BCUT2D eigenvalue weighted by atomic mass is 9.81. The van der Waals surface area contributed by atoms with Crippen LogP contribution in [-0.4, -0.2) is 18.9 Å². The molecular formula is C14H19BrCl2O. The van der Waals surface area contributed by atoms with Gasteiger partial charge in [0.25, 0.3) is 0 Å². The average molecular weight is 354 g/mol. The van der Waals surface area contributed by atoms with Crippen LogP contribution in [0.1, 0.15) is 25.3 Å². The van der Waals surface area contributed by atoms with Gasteiger partial charge in [0.1, 0.15) is 5.75 Å². The molecule has 0 aliphatic carbocycles. The molecule has 0 fully saturated rings. The summed E-state index contributed by atoms with van der Waals surface area (Å²) in [6, 6.07) is 6.00. The monoisotopic (exact) mass is 352 g/mol. The van der Waals surface area contributed by atoms with E-state index in [-0.39, 0.29) is 5.41 Å². The molecule has 18 heavy (non-hydrogen) atoms. The lowest BCUT2D eigenvalue weighted by molar-refractivity contribution is 0.339. The number of ether oxygens (including phenoxy) is 1. The Hall–Kier alpha value is 0.0800. The second-order valence-corrected chi connectivity index (χ2v) is 6.04. The van der Waals surface area contributed by atoms with Gasteiger partial charge in [-0.1, -0.05) is 29.3 Å². The summed E-state index contributed by atoms with van der Waals surface area (Å²) < 4.78 is 6.35. The smallest absolute Gasteiger partial charge is 0.119 e. The van der Waals surface area contributed by atoms with Gasteiger partial charge in [-0.25, -0.2) is 0 Å². The molecule has 1 aromatic rings. The largest absolute Gasteiger partial charge is 0.497 e. The number of hydrogen-bond donors (Lipinski definition) is 0. The minimum absolute atomic E-state index is 0.0350. The minimum atomic E-state index is -0.0350. The van der Waals surface area contributed by atoms with E-state index in [0.717, 1.165) is 29.5 Å². The highest BCUT2D eigenvalue weighted by Gasteiger charge is 2.28. The fourth-order valence-corrected chi connectivity index (χ4v) is 3.23. The molecule has 0 heterocycles. The Morgan fingerprint density at radius 3 is 2.44 bits per heavy atom. The zero-order valence-electron chi connectivity index (χ0n) is 10.8. The zero-order chi connectivity index (χ0) is 13.6. The molecule has 0 amide bonds. The van der Waals surface area contributed by atoms with Crippen LogP contribution in [0.3, 0.4) is 0 Å². The van der Waals surface area contributed by atoms with Gasteiger partial charge >= 0.3 is 0 Å². The van der Waals surface area contributed by atoms with Crippen LogP contribution < -0.4 is 4.74 Å². The Morgan fingerprint density at radius 2 is 1.94 bits per heavy atom. The highest BCUT2D eigenvalue weighted by Crippen LogP contribution is 2.35. The number of benzene rings is 1. The van der Waals surface area contributed by atoms with Crippen molar-refractivity contribution in [3.05, 3.63) is 28.2 Å². The highest BCUT2D eigenvalue weighted by molar-refractivity contribution is 9.10. The molecule has 0 bridgehead atoms. The van der Waals surface area contributed by atoms with Crippen molar-refractivity contribution in [3.63, 3.8) is 0 Å². The summed E-state index contributed by atoms with van der Waals surface area (Å²) in [4.78, 5) is 0. The molecule has 0 unspecified atom stereocenters. The molecule has 0 atom stereocenters. The minimum Gasteiger partial charge on any atom is -0.497 e. The molecule has 4 heteroatoms. The Labute approximate surface area is 128 Å². The van der Waals surface area contributed by atoms with Crippen molar-refractivity contribution in [2.45, 2.75) is 26.2 Å². The summed E-state index contributed by atoms with van der Waals surface area (Å²) in [5.41, 5.74) is 1.16. The summed E-state index contributed by atoms with van der Waals surface area (Å²) in [7, 11) is 1.68. The quantitative estimate of drug-likeness (QED) is 0.607. The van der Waals surface area contributed by atoms with E-state index in [4.69, 9.17) is 27.9 Å². The van der Waals surface area contributed by atoms with E-state index >= 15 is 0 Å². The number of hydrogen-bond acceptors (Lipinski definition) is 1. The van der Waals surface area contributed by atoms with Crippen LogP contribution in [0.15, 0.2) is 22.7 Å². The maximum Gasteiger partial charge on any atom is 0.119 e. The van der Waals surface area contributed by atoms with Crippen molar-refractivity contribution >= 4 is 39.1 Å².